The van der Waals surface area contributed by atoms with Crippen LogP contribution in [0.4, 0.5) is 5.95 Å². The van der Waals surface area contributed by atoms with Crippen molar-refractivity contribution in [3.05, 3.63) is 35.4 Å². The first-order valence-corrected chi connectivity index (χ1v) is 6.77. The third-order valence-electron chi connectivity index (χ3n) is 2.57. The highest BCUT2D eigenvalue weighted by molar-refractivity contribution is 6.28. The van der Waals surface area contributed by atoms with Crippen LogP contribution in [-0.4, -0.2) is 26.5 Å². The van der Waals surface area contributed by atoms with E-state index in [4.69, 9.17) is 16.3 Å². The zero-order valence-electron chi connectivity index (χ0n) is 11.4. The zero-order valence-corrected chi connectivity index (χ0v) is 12.1. The first-order valence-electron chi connectivity index (χ1n) is 6.40. The normalized spacial score (nSPS) is 11.9. The fourth-order valence-corrected chi connectivity index (χ4v) is 1.74. The molecule has 0 radical (unpaired) electrons. The van der Waals surface area contributed by atoms with Crippen LogP contribution in [0.25, 0.3) is 0 Å². The standard InChI is InChI=1S/C13H16ClN5O/c1-3-8-20-13-18-11(14)17-12(19-13)16-9(2)10-4-6-15-7-5-10/h4-7,9H,3,8H2,1-2H3,(H,16,17,18,19). The number of aromatic nitrogens is 4. The van der Waals surface area contributed by atoms with Crippen molar-refractivity contribution in [2.75, 3.05) is 11.9 Å². The lowest BCUT2D eigenvalue weighted by atomic mass is 10.1. The summed E-state index contributed by atoms with van der Waals surface area (Å²) in [5, 5.41) is 3.27. The van der Waals surface area contributed by atoms with Gasteiger partial charge in [-0.15, -0.1) is 0 Å². The Bertz CT molecular complexity index is 552. The summed E-state index contributed by atoms with van der Waals surface area (Å²) in [6.45, 7) is 4.55. The molecule has 0 bridgehead atoms. The molecule has 20 heavy (non-hydrogen) atoms. The predicted molar refractivity (Wildman–Crippen MR) is 76.9 cm³/mol. The minimum atomic E-state index is 0.0236. The summed E-state index contributed by atoms with van der Waals surface area (Å²) in [6, 6.07) is 4.11. The van der Waals surface area contributed by atoms with Crippen molar-refractivity contribution >= 4 is 17.5 Å². The van der Waals surface area contributed by atoms with E-state index in [2.05, 4.69) is 25.3 Å². The van der Waals surface area contributed by atoms with Gasteiger partial charge in [0, 0.05) is 12.4 Å². The lowest BCUT2D eigenvalue weighted by Gasteiger charge is -2.14. The predicted octanol–water partition coefficient (Wildman–Crippen LogP) is 2.88. The maximum absolute atomic E-state index is 5.87. The van der Waals surface area contributed by atoms with Crippen LogP contribution in [0.3, 0.4) is 0 Å². The number of hydrogen-bond donors (Lipinski definition) is 1. The Morgan fingerprint density at radius 3 is 2.70 bits per heavy atom. The van der Waals surface area contributed by atoms with Gasteiger partial charge in [0.05, 0.1) is 12.6 Å². The van der Waals surface area contributed by atoms with E-state index in [9.17, 15) is 0 Å². The molecule has 0 saturated heterocycles. The van der Waals surface area contributed by atoms with Gasteiger partial charge < -0.3 is 10.1 Å². The number of rotatable bonds is 6. The van der Waals surface area contributed by atoms with Crippen LogP contribution in [0.2, 0.25) is 5.28 Å². The van der Waals surface area contributed by atoms with Crippen molar-refractivity contribution in [3.8, 4) is 6.01 Å². The zero-order chi connectivity index (χ0) is 14.4. The van der Waals surface area contributed by atoms with E-state index >= 15 is 0 Å². The summed E-state index contributed by atoms with van der Waals surface area (Å²) in [7, 11) is 0. The number of halogens is 1. The first-order chi connectivity index (χ1) is 9.69. The van der Waals surface area contributed by atoms with Crippen LogP contribution in [0.1, 0.15) is 31.9 Å². The molecule has 0 saturated carbocycles. The average Bonchev–Trinajstić information content (AvgIpc) is 2.45. The third kappa shape index (κ3) is 4.03. The molecule has 6 nitrogen and oxygen atoms in total. The van der Waals surface area contributed by atoms with Crippen molar-refractivity contribution < 1.29 is 4.74 Å². The van der Waals surface area contributed by atoms with Crippen molar-refractivity contribution in [1.82, 2.24) is 19.9 Å². The largest absolute Gasteiger partial charge is 0.463 e. The molecule has 1 N–H and O–H groups in total. The van der Waals surface area contributed by atoms with Gasteiger partial charge in [0.15, 0.2) is 0 Å². The molecule has 0 aromatic carbocycles. The maximum Gasteiger partial charge on any atom is 0.322 e. The summed E-state index contributed by atoms with van der Waals surface area (Å²) in [5.74, 6) is 0.389. The van der Waals surface area contributed by atoms with E-state index in [0.29, 0.717) is 12.6 Å². The number of anilines is 1. The Morgan fingerprint density at radius 1 is 1.25 bits per heavy atom. The summed E-state index contributed by atoms with van der Waals surface area (Å²) < 4.78 is 5.37. The van der Waals surface area contributed by atoms with E-state index in [-0.39, 0.29) is 17.3 Å². The number of nitrogens with zero attached hydrogens (tertiary/aromatic N) is 4. The Balaban J connectivity index is 2.10. The molecular formula is C13H16ClN5O. The van der Waals surface area contributed by atoms with Gasteiger partial charge in [0.25, 0.3) is 0 Å². The van der Waals surface area contributed by atoms with E-state index in [1.54, 1.807) is 12.4 Å². The molecule has 1 unspecified atom stereocenters. The summed E-state index contributed by atoms with van der Waals surface area (Å²) in [5.41, 5.74) is 1.08. The molecule has 106 valence electrons. The lowest BCUT2D eigenvalue weighted by molar-refractivity contribution is 0.291. The van der Waals surface area contributed by atoms with Crippen LogP contribution >= 0.6 is 11.6 Å². The number of ether oxygens (including phenoxy) is 1. The van der Waals surface area contributed by atoms with E-state index < -0.39 is 0 Å². The second kappa shape index (κ2) is 7.00. The fraction of sp³-hybridized carbons (Fsp3) is 0.385. The second-order valence-corrected chi connectivity index (χ2v) is 4.54. The van der Waals surface area contributed by atoms with E-state index in [0.717, 1.165) is 12.0 Å². The molecule has 0 aliphatic rings. The molecule has 0 amide bonds. The molecule has 0 spiro atoms. The molecule has 2 aromatic rings. The maximum atomic E-state index is 5.87. The fourth-order valence-electron chi connectivity index (χ4n) is 1.58. The van der Waals surface area contributed by atoms with Crippen LogP contribution in [0.15, 0.2) is 24.5 Å². The lowest BCUT2D eigenvalue weighted by Crippen LogP contribution is -2.11. The highest BCUT2D eigenvalue weighted by atomic mass is 35.5. The highest BCUT2D eigenvalue weighted by Crippen LogP contribution is 2.18. The monoisotopic (exact) mass is 293 g/mol. The van der Waals surface area contributed by atoms with Gasteiger partial charge in [-0.25, -0.2) is 0 Å². The Kier molecular flexibility index (Phi) is 5.06. The quantitative estimate of drug-likeness (QED) is 0.883. The van der Waals surface area contributed by atoms with E-state index in [1.807, 2.05) is 26.0 Å². The number of pyridine rings is 1. The third-order valence-corrected chi connectivity index (χ3v) is 2.74. The summed E-state index contributed by atoms with van der Waals surface area (Å²) >= 11 is 5.87. The van der Waals surface area contributed by atoms with Gasteiger partial charge in [0.1, 0.15) is 0 Å². The molecule has 2 rings (SSSR count). The number of nitrogens with one attached hydrogen (secondary N) is 1. The van der Waals surface area contributed by atoms with Crippen molar-refractivity contribution in [3.63, 3.8) is 0 Å². The van der Waals surface area contributed by atoms with Crippen LogP contribution < -0.4 is 10.1 Å². The van der Waals surface area contributed by atoms with Crippen LogP contribution in [-0.2, 0) is 0 Å². The minimum Gasteiger partial charge on any atom is -0.463 e. The highest BCUT2D eigenvalue weighted by Gasteiger charge is 2.10. The van der Waals surface area contributed by atoms with Gasteiger partial charge >= 0.3 is 6.01 Å². The van der Waals surface area contributed by atoms with Gasteiger partial charge in [-0.3, -0.25) is 4.98 Å². The molecule has 7 heteroatoms. The molecular weight excluding hydrogens is 278 g/mol. The molecule has 2 heterocycles. The SMILES string of the molecule is CCCOc1nc(Cl)nc(NC(C)c2ccncc2)n1. The smallest absolute Gasteiger partial charge is 0.322 e. The number of hydrogen-bond acceptors (Lipinski definition) is 6. The minimum absolute atomic E-state index is 0.0236. The average molecular weight is 294 g/mol. The molecule has 2 aromatic heterocycles. The van der Waals surface area contributed by atoms with E-state index in [1.165, 1.54) is 0 Å². The topological polar surface area (TPSA) is 72.8 Å². The first kappa shape index (κ1) is 14.5. The Labute approximate surface area is 122 Å². The Hall–Kier alpha value is -1.95. The van der Waals surface area contributed by atoms with Gasteiger partial charge in [-0.05, 0) is 42.6 Å². The van der Waals surface area contributed by atoms with Crippen molar-refractivity contribution in [2.24, 2.45) is 0 Å². The summed E-state index contributed by atoms with van der Waals surface area (Å²) in [4.78, 5) is 16.1. The van der Waals surface area contributed by atoms with Crippen LogP contribution in [0, 0.1) is 0 Å². The summed E-state index contributed by atoms with van der Waals surface area (Å²) in [6.07, 6.45) is 4.35. The molecule has 0 fully saturated rings. The molecule has 1 atom stereocenters. The van der Waals surface area contributed by atoms with Gasteiger partial charge in [-0.1, -0.05) is 6.92 Å². The Morgan fingerprint density at radius 2 is 2.00 bits per heavy atom. The van der Waals surface area contributed by atoms with Crippen LogP contribution in [0.5, 0.6) is 6.01 Å². The molecule has 0 aliphatic carbocycles. The second-order valence-electron chi connectivity index (χ2n) is 4.21. The van der Waals surface area contributed by atoms with Gasteiger partial charge in [-0.2, -0.15) is 15.0 Å². The molecule has 0 aliphatic heterocycles. The van der Waals surface area contributed by atoms with Gasteiger partial charge in [0.2, 0.25) is 11.2 Å². The van der Waals surface area contributed by atoms with Crippen molar-refractivity contribution in [2.45, 2.75) is 26.3 Å². The van der Waals surface area contributed by atoms with Crippen molar-refractivity contribution in [1.29, 1.82) is 0 Å².